The number of guanidine groups is 1. The van der Waals surface area contributed by atoms with Gasteiger partial charge in [0.15, 0.2) is 5.96 Å². The number of aromatic nitrogens is 2. The number of para-hydroxylation sites is 1. The van der Waals surface area contributed by atoms with Crippen LogP contribution in [0.5, 0.6) is 0 Å². The van der Waals surface area contributed by atoms with Crippen molar-refractivity contribution in [3.05, 3.63) is 52.1 Å². The highest BCUT2D eigenvalue weighted by Crippen LogP contribution is 2.17. The van der Waals surface area contributed by atoms with Gasteiger partial charge in [0.25, 0.3) is 0 Å². The molecule has 0 atom stereocenters. The van der Waals surface area contributed by atoms with Crippen LogP contribution < -0.4 is 10.6 Å². The summed E-state index contributed by atoms with van der Waals surface area (Å²) >= 11 is 1.75. The standard InChI is InChI=1S/C18H23N5S.HI/c1-3-14-11-22-17(24-14)12-23-18(19-2)20-9-8-13-10-21-16-7-5-4-6-15(13)16;/h4-7,10-11,21H,3,8-9,12H2,1-2H3,(H2,19,20,23);1H. The second-order valence-electron chi connectivity index (χ2n) is 5.54. The lowest BCUT2D eigenvalue weighted by molar-refractivity contribution is 0.793. The average molecular weight is 469 g/mol. The Hall–Kier alpha value is -1.61. The molecular formula is C18H24IN5S. The predicted molar refractivity (Wildman–Crippen MR) is 117 cm³/mol. The largest absolute Gasteiger partial charge is 0.361 e. The van der Waals surface area contributed by atoms with Crippen LogP contribution in [-0.4, -0.2) is 29.5 Å². The topological polar surface area (TPSA) is 65.1 Å². The minimum Gasteiger partial charge on any atom is -0.361 e. The first-order chi connectivity index (χ1) is 11.8. The van der Waals surface area contributed by atoms with Crippen LogP contribution in [0, 0.1) is 0 Å². The van der Waals surface area contributed by atoms with Crippen LogP contribution in [0.4, 0.5) is 0 Å². The first-order valence-electron chi connectivity index (χ1n) is 8.23. The van der Waals surface area contributed by atoms with Crippen molar-refractivity contribution in [3.8, 4) is 0 Å². The fourth-order valence-electron chi connectivity index (χ4n) is 2.63. The maximum absolute atomic E-state index is 4.42. The zero-order valence-electron chi connectivity index (χ0n) is 14.5. The first kappa shape index (κ1) is 19.7. The van der Waals surface area contributed by atoms with Gasteiger partial charge in [-0.05, 0) is 24.5 Å². The third-order valence-corrected chi connectivity index (χ3v) is 5.08. The lowest BCUT2D eigenvalue weighted by Gasteiger charge is -2.10. The Labute approximate surface area is 169 Å². The van der Waals surface area contributed by atoms with Crippen molar-refractivity contribution in [3.63, 3.8) is 0 Å². The number of nitrogens with zero attached hydrogens (tertiary/aromatic N) is 2. The molecule has 0 saturated heterocycles. The average Bonchev–Trinajstić information content (AvgIpc) is 3.25. The van der Waals surface area contributed by atoms with E-state index in [0.717, 1.165) is 30.4 Å². The lowest BCUT2D eigenvalue weighted by atomic mass is 10.1. The number of halogens is 1. The fraction of sp³-hybridized carbons (Fsp3) is 0.333. The zero-order valence-corrected chi connectivity index (χ0v) is 17.7. The van der Waals surface area contributed by atoms with Gasteiger partial charge in [-0.15, -0.1) is 35.3 Å². The number of aromatic amines is 1. The Morgan fingerprint density at radius 1 is 1.28 bits per heavy atom. The molecule has 3 N–H and O–H groups in total. The van der Waals surface area contributed by atoms with E-state index in [1.165, 1.54) is 21.3 Å². The molecule has 0 aliphatic carbocycles. The number of H-pyrrole nitrogens is 1. The van der Waals surface area contributed by atoms with Gasteiger partial charge in [-0.25, -0.2) is 4.98 Å². The minimum absolute atomic E-state index is 0. The van der Waals surface area contributed by atoms with E-state index in [4.69, 9.17) is 0 Å². The SMILES string of the molecule is CCc1cnc(CNC(=NC)NCCc2c[nH]c3ccccc23)s1.I. The van der Waals surface area contributed by atoms with Gasteiger partial charge >= 0.3 is 0 Å². The molecule has 0 amide bonds. The number of thiazole rings is 1. The number of fused-ring (bicyclic) bond motifs is 1. The molecule has 0 spiro atoms. The van der Waals surface area contributed by atoms with Gasteiger partial charge in [-0.3, -0.25) is 4.99 Å². The third kappa shape index (κ3) is 5.18. The predicted octanol–water partition coefficient (Wildman–Crippen LogP) is 3.71. The molecule has 25 heavy (non-hydrogen) atoms. The van der Waals surface area contributed by atoms with Gasteiger partial charge in [0.2, 0.25) is 0 Å². The number of hydrogen-bond donors (Lipinski definition) is 3. The van der Waals surface area contributed by atoms with Gasteiger partial charge in [-0.2, -0.15) is 0 Å². The molecule has 2 aromatic heterocycles. The third-order valence-electron chi connectivity index (χ3n) is 3.94. The normalized spacial score (nSPS) is 11.4. The highest BCUT2D eigenvalue weighted by atomic mass is 127. The Morgan fingerprint density at radius 3 is 2.88 bits per heavy atom. The van der Waals surface area contributed by atoms with E-state index in [2.05, 4.69) is 63.0 Å². The van der Waals surface area contributed by atoms with Crippen LogP contribution in [-0.2, 0) is 19.4 Å². The molecule has 0 aliphatic rings. The van der Waals surface area contributed by atoms with Crippen molar-refractivity contribution in [2.75, 3.05) is 13.6 Å². The zero-order chi connectivity index (χ0) is 16.8. The summed E-state index contributed by atoms with van der Waals surface area (Å²) in [6, 6.07) is 8.38. The maximum Gasteiger partial charge on any atom is 0.191 e. The van der Waals surface area contributed by atoms with E-state index < -0.39 is 0 Å². The van der Waals surface area contributed by atoms with Crippen molar-refractivity contribution in [2.24, 2.45) is 4.99 Å². The van der Waals surface area contributed by atoms with E-state index in [1.807, 2.05) is 6.20 Å². The Morgan fingerprint density at radius 2 is 2.12 bits per heavy atom. The number of aryl methyl sites for hydroxylation is 1. The molecule has 134 valence electrons. The summed E-state index contributed by atoms with van der Waals surface area (Å²) in [5, 5.41) is 9.06. The Balaban J connectivity index is 0.00000225. The van der Waals surface area contributed by atoms with Crippen LogP contribution in [0.25, 0.3) is 10.9 Å². The summed E-state index contributed by atoms with van der Waals surface area (Å²) in [4.78, 5) is 13.3. The van der Waals surface area contributed by atoms with Gasteiger partial charge in [-0.1, -0.05) is 25.1 Å². The smallest absolute Gasteiger partial charge is 0.191 e. The van der Waals surface area contributed by atoms with Gasteiger partial charge < -0.3 is 15.6 Å². The van der Waals surface area contributed by atoms with Crippen LogP contribution in [0.1, 0.15) is 22.4 Å². The van der Waals surface area contributed by atoms with Crippen molar-refractivity contribution >= 4 is 52.2 Å². The molecule has 1 aromatic carbocycles. The van der Waals surface area contributed by atoms with Crippen molar-refractivity contribution in [1.82, 2.24) is 20.6 Å². The lowest BCUT2D eigenvalue weighted by Crippen LogP contribution is -2.37. The maximum atomic E-state index is 4.42. The minimum atomic E-state index is 0. The van der Waals surface area contributed by atoms with E-state index in [-0.39, 0.29) is 24.0 Å². The number of aliphatic imine (C=N–C) groups is 1. The number of rotatable bonds is 6. The Kier molecular flexibility index (Phi) is 7.70. The van der Waals surface area contributed by atoms with E-state index >= 15 is 0 Å². The molecular weight excluding hydrogens is 445 g/mol. The van der Waals surface area contributed by atoms with Crippen molar-refractivity contribution in [1.29, 1.82) is 0 Å². The van der Waals surface area contributed by atoms with E-state index in [1.54, 1.807) is 18.4 Å². The van der Waals surface area contributed by atoms with Crippen molar-refractivity contribution < 1.29 is 0 Å². The highest BCUT2D eigenvalue weighted by Gasteiger charge is 2.05. The van der Waals surface area contributed by atoms with Crippen LogP contribution in [0.3, 0.4) is 0 Å². The molecule has 2 heterocycles. The molecule has 7 heteroatoms. The summed E-state index contributed by atoms with van der Waals surface area (Å²) < 4.78 is 0. The summed E-state index contributed by atoms with van der Waals surface area (Å²) in [5.74, 6) is 0.808. The number of hydrogen-bond acceptors (Lipinski definition) is 3. The van der Waals surface area contributed by atoms with Gasteiger partial charge in [0, 0.05) is 41.8 Å². The molecule has 0 unspecified atom stereocenters. The highest BCUT2D eigenvalue weighted by molar-refractivity contribution is 14.0. The van der Waals surface area contributed by atoms with Crippen LogP contribution in [0.2, 0.25) is 0 Å². The molecule has 3 rings (SSSR count). The second kappa shape index (κ2) is 9.76. The quantitative estimate of drug-likeness (QED) is 0.293. The second-order valence-corrected chi connectivity index (χ2v) is 6.74. The van der Waals surface area contributed by atoms with Gasteiger partial charge in [0.05, 0.1) is 6.54 Å². The molecule has 0 radical (unpaired) electrons. The molecule has 0 fully saturated rings. The van der Waals surface area contributed by atoms with Crippen LogP contribution >= 0.6 is 35.3 Å². The fourth-order valence-corrected chi connectivity index (χ4v) is 3.43. The molecule has 0 saturated carbocycles. The molecule has 5 nitrogen and oxygen atoms in total. The Bertz CT molecular complexity index is 824. The molecule has 3 aromatic rings. The summed E-state index contributed by atoms with van der Waals surface area (Å²) in [7, 11) is 1.79. The van der Waals surface area contributed by atoms with Crippen LogP contribution in [0.15, 0.2) is 41.7 Å². The first-order valence-corrected chi connectivity index (χ1v) is 9.05. The molecule has 0 aliphatic heterocycles. The number of benzene rings is 1. The van der Waals surface area contributed by atoms with Crippen molar-refractivity contribution in [2.45, 2.75) is 26.3 Å². The summed E-state index contributed by atoms with van der Waals surface area (Å²) in [5.41, 5.74) is 2.51. The summed E-state index contributed by atoms with van der Waals surface area (Å²) in [6.45, 7) is 3.69. The summed E-state index contributed by atoms with van der Waals surface area (Å²) in [6.07, 6.45) is 6.02. The van der Waals surface area contributed by atoms with Gasteiger partial charge in [0.1, 0.15) is 5.01 Å². The molecule has 0 bridgehead atoms. The van der Waals surface area contributed by atoms with E-state index in [9.17, 15) is 0 Å². The monoisotopic (exact) mass is 469 g/mol. The van der Waals surface area contributed by atoms with E-state index in [0.29, 0.717) is 6.54 Å². The number of nitrogens with one attached hydrogen (secondary N) is 3.